The quantitative estimate of drug-likeness (QED) is 0.425. The van der Waals surface area contributed by atoms with Gasteiger partial charge in [0.2, 0.25) is 12.6 Å². The molecule has 2 saturated heterocycles. The van der Waals surface area contributed by atoms with Gasteiger partial charge in [0.25, 0.3) is 0 Å². The SMILES string of the molecule is O=C(OC1CCCCO1)C(Cc1ccccc1)C(=O)OC1CCCCO1.[NaH]. The van der Waals surface area contributed by atoms with Crippen molar-refractivity contribution in [2.45, 2.75) is 57.5 Å². The summed E-state index contributed by atoms with van der Waals surface area (Å²) in [5, 5.41) is 0. The molecule has 6 nitrogen and oxygen atoms in total. The molecule has 2 fully saturated rings. The van der Waals surface area contributed by atoms with E-state index < -0.39 is 30.4 Å². The van der Waals surface area contributed by atoms with E-state index in [1.165, 1.54) is 0 Å². The van der Waals surface area contributed by atoms with Gasteiger partial charge in [-0.25, -0.2) is 0 Å². The van der Waals surface area contributed by atoms with E-state index in [2.05, 4.69) is 0 Å². The van der Waals surface area contributed by atoms with Crippen LogP contribution in [0.3, 0.4) is 0 Å². The van der Waals surface area contributed by atoms with Gasteiger partial charge in [-0.2, -0.15) is 0 Å². The molecule has 7 heteroatoms. The predicted octanol–water partition coefficient (Wildman–Crippen LogP) is 2.34. The van der Waals surface area contributed by atoms with Crippen LogP contribution in [0, 0.1) is 5.92 Å². The molecule has 144 valence electrons. The van der Waals surface area contributed by atoms with Crippen molar-refractivity contribution in [1.82, 2.24) is 0 Å². The first-order valence-corrected chi connectivity index (χ1v) is 9.40. The van der Waals surface area contributed by atoms with E-state index in [1.807, 2.05) is 30.3 Å². The van der Waals surface area contributed by atoms with Gasteiger partial charge < -0.3 is 18.9 Å². The Balaban J connectivity index is 0.00000261. The van der Waals surface area contributed by atoms with Crippen LogP contribution in [0.2, 0.25) is 0 Å². The van der Waals surface area contributed by atoms with Crippen molar-refractivity contribution in [2.75, 3.05) is 13.2 Å². The second-order valence-electron chi connectivity index (χ2n) is 6.71. The molecule has 0 aromatic heterocycles. The molecular formula is C20H27NaO6. The molecule has 27 heavy (non-hydrogen) atoms. The molecule has 2 aliphatic heterocycles. The van der Waals surface area contributed by atoms with Crippen LogP contribution >= 0.6 is 0 Å². The zero-order valence-corrected chi connectivity index (χ0v) is 14.9. The van der Waals surface area contributed by atoms with Crippen LogP contribution in [0.5, 0.6) is 0 Å². The van der Waals surface area contributed by atoms with Crippen LogP contribution in [-0.4, -0.2) is 67.3 Å². The molecule has 2 atom stereocenters. The van der Waals surface area contributed by atoms with Gasteiger partial charge in [-0.05, 0) is 37.7 Å². The van der Waals surface area contributed by atoms with Gasteiger partial charge in [0.1, 0.15) is 0 Å². The Morgan fingerprint density at radius 1 is 0.889 bits per heavy atom. The maximum absolute atomic E-state index is 12.7. The average molecular weight is 386 g/mol. The first-order chi connectivity index (χ1) is 12.7. The van der Waals surface area contributed by atoms with Crippen molar-refractivity contribution in [1.29, 1.82) is 0 Å². The number of hydrogen-bond donors (Lipinski definition) is 0. The van der Waals surface area contributed by atoms with Crippen LogP contribution in [0.15, 0.2) is 30.3 Å². The van der Waals surface area contributed by atoms with Gasteiger partial charge in [-0.1, -0.05) is 30.3 Å². The Kier molecular flexibility index (Phi) is 9.79. The molecule has 2 aliphatic rings. The van der Waals surface area contributed by atoms with Crippen molar-refractivity contribution < 1.29 is 28.5 Å². The van der Waals surface area contributed by atoms with Crippen LogP contribution in [0.25, 0.3) is 0 Å². The molecular weight excluding hydrogens is 359 g/mol. The van der Waals surface area contributed by atoms with Crippen molar-refractivity contribution >= 4 is 41.5 Å². The van der Waals surface area contributed by atoms with Crippen molar-refractivity contribution in [3.05, 3.63) is 35.9 Å². The molecule has 2 heterocycles. The number of rotatable bonds is 6. The summed E-state index contributed by atoms with van der Waals surface area (Å²) in [6.45, 7) is 1.14. The minimum absolute atomic E-state index is 0. The van der Waals surface area contributed by atoms with Gasteiger partial charge >= 0.3 is 41.5 Å². The molecule has 0 saturated carbocycles. The first kappa shape index (κ1) is 22.4. The maximum atomic E-state index is 12.7. The van der Waals surface area contributed by atoms with E-state index in [1.54, 1.807) is 0 Å². The molecule has 0 N–H and O–H groups in total. The van der Waals surface area contributed by atoms with E-state index in [4.69, 9.17) is 18.9 Å². The third-order valence-corrected chi connectivity index (χ3v) is 4.62. The van der Waals surface area contributed by atoms with Gasteiger partial charge in [-0.15, -0.1) is 0 Å². The summed E-state index contributed by atoms with van der Waals surface area (Å²) in [5.74, 6) is -2.21. The van der Waals surface area contributed by atoms with Crippen molar-refractivity contribution in [2.24, 2.45) is 5.92 Å². The Hall–Kier alpha value is -0.920. The summed E-state index contributed by atoms with van der Waals surface area (Å²) < 4.78 is 21.8. The van der Waals surface area contributed by atoms with Crippen LogP contribution in [-0.2, 0) is 35.0 Å². The summed E-state index contributed by atoms with van der Waals surface area (Å²) >= 11 is 0. The van der Waals surface area contributed by atoms with Gasteiger partial charge in [0.05, 0.1) is 13.2 Å². The number of esters is 2. The number of ether oxygens (including phenoxy) is 4. The fourth-order valence-corrected chi connectivity index (χ4v) is 3.14. The van der Waals surface area contributed by atoms with Gasteiger partial charge in [-0.3, -0.25) is 9.59 Å². The Bertz CT molecular complexity index is 549. The molecule has 2 unspecified atom stereocenters. The Morgan fingerprint density at radius 2 is 1.41 bits per heavy atom. The Morgan fingerprint density at radius 3 is 1.85 bits per heavy atom. The standard InChI is InChI=1S/C20H26O6.Na.H/c21-19(25-17-10-4-6-12-23-17)16(14-15-8-2-1-3-9-15)20(22)26-18-11-5-7-13-24-18;;/h1-3,8-9,16-18H,4-7,10-14H2;;. The fourth-order valence-electron chi connectivity index (χ4n) is 3.14. The minimum atomic E-state index is -1.02. The van der Waals surface area contributed by atoms with E-state index in [0.717, 1.165) is 31.2 Å². The van der Waals surface area contributed by atoms with E-state index in [-0.39, 0.29) is 36.0 Å². The number of carbonyl (C=O) groups excluding carboxylic acids is 2. The third kappa shape index (κ3) is 7.20. The summed E-state index contributed by atoms with van der Waals surface area (Å²) in [5.41, 5.74) is 0.875. The molecule has 0 amide bonds. The molecule has 1 aromatic rings. The second-order valence-corrected chi connectivity index (χ2v) is 6.71. The van der Waals surface area contributed by atoms with Crippen molar-refractivity contribution in [3.8, 4) is 0 Å². The molecule has 0 radical (unpaired) electrons. The monoisotopic (exact) mass is 386 g/mol. The Labute approximate surface area is 182 Å². The predicted molar refractivity (Wildman–Crippen MR) is 100 cm³/mol. The number of benzene rings is 1. The number of carbonyl (C=O) groups is 2. The molecule has 1 aromatic carbocycles. The summed E-state index contributed by atoms with van der Waals surface area (Å²) in [4.78, 5) is 25.3. The van der Waals surface area contributed by atoms with E-state index in [9.17, 15) is 9.59 Å². The van der Waals surface area contributed by atoms with Crippen molar-refractivity contribution in [3.63, 3.8) is 0 Å². The molecule has 3 rings (SSSR count). The van der Waals surface area contributed by atoms with E-state index in [0.29, 0.717) is 26.1 Å². The zero-order valence-electron chi connectivity index (χ0n) is 14.9. The molecule has 0 spiro atoms. The second kappa shape index (κ2) is 11.8. The zero-order chi connectivity index (χ0) is 18.2. The van der Waals surface area contributed by atoms with E-state index >= 15 is 0 Å². The fraction of sp³-hybridized carbons (Fsp3) is 0.600. The summed E-state index contributed by atoms with van der Waals surface area (Å²) in [7, 11) is 0. The number of hydrogen-bond acceptors (Lipinski definition) is 6. The summed E-state index contributed by atoms with van der Waals surface area (Å²) in [6.07, 6.45) is 4.21. The van der Waals surface area contributed by atoms with Crippen LogP contribution in [0.1, 0.15) is 44.1 Å². The molecule has 0 aliphatic carbocycles. The van der Waals surface area contributed by atoms with Crippen LogP contribution < -0.4 is 0 Å². The topological polar surface area (TPSA) is 71.1 Å². The first-order valence-electron chi connectivity index (χ1n) is 9.40. The normalized spacial score (nSPS) is 23.6. The average Bonchev–Trinajstić information content (AvgIpc) is 2.68. The summed E-state index contributed by atoms with van der Waals surface area (Å²) in [6, 6.07) is 9.39. The molecule has 0 bridgehead atoms. The third-order valence-electron chi connectivity index (χ3n) is 4.62. The van der Waals surface area contributed by atoms with Gasteiger partial charge in [0.15, 0.2) is 5.92 Å². The van der Waals surface area contributed by atoms with Crippen LogP contribution in [0.4, 0.5) is 0 Å². The van der Waals surface area contributed by atoms with Gasteiger partial charge in [0, 0.05) is 12.8 Å².